The second kappa shape index (κ2) is 5.00. The summed E-state index contributed by atoms with van der Waals surface area (Å²) < 4.78 is 1.60. The van der Waals surface area contributed by atoms with E-state index in [2.05, 4.69) is 36.0 Å². The summed E-state index contributed by atoms with van der Waals surface area (Å²) in [6, 6.07) is 5.72. The van der Waals surface area contributed by atoms with Crippen molar-refractivity contribution >= 4 is 11.7 Å². The number of nitrogens with zero attached hydrogens (tertiary/aromatic N) is 3. The molecule has 0 atom stereocenters. The number of rotatable bonds is 3. The summed E-state index contributed by atoms with van der Waals surface area (Å²) in [5.41, 5.74) is 5.35. The molecule has 1 aromatic heterocycles. The molecule has 0 amide bonds. The first-order valence-electron chi connectivity index (χ1n) is 6.37. The van der Waals surface area contributed by atoms with E-state index in [0.29, 0.717) is 0 Å². The van der Waals surface area contributed by atoms with E-state index in [0.717, 1.165) is 16.9 Å². The number of carbonyl (C=O) groups is 1. The van der Waals surface area contributed by atoms with E-state index in [1.54, 1.807) is 17.8 Å². The Morgan fingerprint density at radius 2 is 1.90 bits per heavy atom. The van der Waals surface area contributed by atoms with Gasteiger partial charge in [-0.15, -0.1) is 0 Å². The van der Waals surface area contributed by atoms with E-state index in [9.17, 15) is 4.79 Å². The van der Waals surface area contributed by atoms with E-state index in [-0.39, 0.29) is 5.69 Å². The topological polar surface area (TPSA) is 58.4 Å². The van der Waals surface area contributed by atoms with Crippen LogP contribution in [0.3, 0.4) is 0 Å². The Labute approximate surface area is 118 Å². The van der Waals surface area contributed by atoms with Gasteiger partial charge in [-0.2, -0.15) is 5.10 Å². The van der Waals surface area contributed by atoms with Gasteiger partial charge in [-0.25, -0.2) is 4.79 Å². The predicted molar refractivity (Wildman–Crippen MR) is 79.4 cm³/mol. The lowest BCUT2D eigenvalue weighted by molar-refractivity contribution is 0.0689. The second-order valence-corrected chi connectivity index (χ2v) is 5.18. The summed E-state index contributed by atoms with van der Waals surface area (Å²) >= 11 is 0. The molecule has 5 nitrogen and oxygen atoms in total. The van der Waals surface area contributed by atoms with Crippen LogP contribution in [0.1, 0.15) is 21.6 Å². The summed E-state index contributed by atoms with van der Waals surface area (Å²) in [5.74, 6) is -1.01. The van der Waals surface area contributed by atoms with Crippen LogP contribution in [0.5, 0.6) is 0 Å². The molecule has 106 valence electrons. The molecule has 5 heteroatoms. The summed E-state index contributed by atoms with van der Waals surface area (Å²) in [5, 5.41) is 13.0. The quantitative estimate of drug-likeness (QED) is 0.933. The fraction of sp³-hybridized carbons (Fsp3) is 0.333. The molecule has 0 unspecified atom stereocenters. The Kier molecular flexibility index (Phi) is 3.53. The maximum atomic E-state index is 11.0. The molecule has 20 heavy (non-hydrogen) atoms. The van der Waals surface area contributed by atoms with Gasteiger partial charge < -0.3 is 10.0 Å². The zero-order chi connectivity index (χ0) is 15.0. The number of aromatic nitrogens is 2. The molecule has 0 saturated carbocycles. The minimum absolute atomic E-state index is 0.0622. The SMILES string of the molecule is Cc1cc(-c2cc(C(=O)O)nn2C)cc(N(C)C)c1C. The van der Waals surface area contributed by atoms with Gasteiger partial charge in [0.05, 0.1) is 5.69 Å². The lowest BCUT2D eigenvalue weighted by Gasteiger charge is -2.19. The predicted octanol–water partition coefficient (Wildman–Crippen LogP) is 2.47. The Balaban J connectivity index is 2.61. The lowest BCUT2D eigenvalue weighted by atomic mass is 10.0. The molecule has 0 spiro atoms. The molecule has 2 rings (SSSR count). The van der Waals surface area contributed by atoms with Gasteiger partial charge in [0, 0.05) is 32.4 Å². The average Bonchev–Trinajstić information content (AvgIpc) is 2.74. The molecule has 2 aromatic rings. The van der Waals surface area contributed by atoms with Gasteiger partial charge in [-0.1, -0.05) is 0 Å². The molecule has 0 saturated heterocycles. The van der Waals surface area contributed by atoms with Crippen LogP contribution in [0.4, 0.5) is 5.69 Å². The summed E-state index contributed by atoms with van der Waals surface area (Å²) in [6.07, 6.45) is 0. The van der Waals surface area contributed by atoms with E-state index >= 15 is 0 Å². The Bertz CT molecular complexity index is 672. The van der Waals surface area contributed by atoms with E-state index < -0.39 is 5.97 Å². The maximum Gasteiger partial charge on any atom is 0.356 e. The van der Waals surface area contributed by atoms with Gasteiger partial charge in [-0.3, -0.25) is 4.68 Å². The van der Waals surface area contributed by atoms with Crippen LogP contribution < -0.4 is 4.90 Å². The van der Waals surface area contributed by atoms with Crippen molar-refractivity contribution in [3.8, 4) is 11.3 Å². The van der Waals surface area contributed by atoms with Gasteiger partial charge in [0.1, 0.15) is 0 Å². The number of carboxylic acid groups (broad SMARTS) is 1. The van der Waals surface area contributed by atoms with Crippen LogP contribution in [0.15, 0.2) is 18.2 Å². The number of aromatic carboxylic acids is 1. The average molecular weight is 273 g/mol. The second-order valence-electron chi connectivity index (χ2n) is 5.18. The standard InChI is InChI=1S/C15H19N3O2/c1-9-6-11(7-13(10(9)2)17(3)4)14-8-12(15(19)20)16-18(14)5/h6-8H,1-5H3,(H,19,20). The molecule has 1 heterocycles. The van der Waals surface area contributed by atoms with Crippen LogP contribution in [-0.4, -0.2) is 35.0 Å². The monoisotopic (exact) mass is 273 g/mol. The lowest BCUT2D eigenvalue weighted by Crippen LogP contribution is -2.11. The first-order valence-corrected chi connectivity index (χ1v) is 6.37. The molecule has 1 N–H and O–H groups in total. The minimum atomic E-state index is -1.01. The van der Waals surface area contributed by atoms with Gasteiger partial charge in [-0.05, 0) is 43.2 Å². The number of aryl methyl sites for hydroxylation is 2. The summed E-state index contributed by atoms with van der Waals surface area (Å²) in [6.45, 7) is 4.14. The summed E-state index contributed by atoms with van der Waals surface area (Å²) in [7, 11) is 5.75. The smallest absolute Gasteiger partial charge is 0.356 e. The van der Waals surface area contributed by atoms with Crippen molar-refractivity contribution in [3.05, 3.63) is 35.0 Å². The largest absolute Gasteiger partial charge is 0.476 e. The Hall–Kier alpha value is -2.30. The van der Waals surface area contributed by atoms with Crippen LogP contribution >= 0.6 is 0 Å². The minimum Gasteiger partial charge on any atom is -0.476 e. The van der Waals surface area contributed by atoms with Crippen LogP contribution in [0.2, 0.25) is 0 Å². The molecule has 0 aliphatic carbocycles. The molecule has 0 aliphatic heterocycles. The van der Waals surface area contributed by atoms with Crippen molar-refractivity contribution in [1.29, 1.82) is 0 Å². The number of benzene rings is 1. The van der Waals surface area contributed by atoms with Crippen molar-refractivity contribution in [2.75, 3.05) is 19.0 Å². The fourth-order valence-electron chi connectivity index (χ4n) is 2.30. The van der Waals surface area contributed by atoms with Crippen molar-refractivity contribution < 1.29 is 9.90 Å². The third-order valence-electron chi connectivity index (χ3n) is 3.52. The number of hydrogen-bond acceptors (Lipinski definition) is 3. The fourth-order valence-corrected chi connectivity index (χ4v) is 2.30. The van der Waals surface area contributed by atoms with Gasteiger partial charge in [0.15, 0.2) is 5.69 Å². The third kappa shape index (κ3) is 2.39. The first kappa shape index (κ1) is 14.1. The molecule has 0 radical (unpaired) electrons. The third-order valence-corrected chi connectivity index (χ3v) is 3.52. The number of carboxylic acids is 1. The van der Waals surface area contributed by atoms with Gasteiger partial charge in [0.2, 0.25) is 0 Å². The zero-order valence-electron chi connectivity index (χ0n) is 12.4. The van der Waals surface area contributed by atoms with Gasteiger partial charge >= 0.3 is 5.97 Å². The van der Waals surface area contributed by atoms with E-state index in [1.807, 2.05) is 14.1 Å². The van der Waals surface area contributed by atoms with Crippen molar-refractivity contribution in [3.63, 3.8) is 0 Å². The number of anilines is 1. The maximum absolute atomic E-state index is 11.0. The molecular weight excluding hydrogens is 254 g/mol. The summed E-state index contributed by atoms with van der Waals surface area (Å²) in [4.78, 5) is 13.1. The normalized spacial score (nSPS) is 10.7. The van der Waals surface area contributed by atoms with Crippen LogP contribution in [0.25, 0.3) is 11.3 Å². The van der Waals surface area contributed by atoms with Crippen LogP contribution in [0, 0.1) is 13.8 Å². The highest BCUT2D eigenvalue weighted by Gasteiger charge is 2.15. The van der Waals surface area contributed by atoms with Crippen molar-refractivity contribution in [1.82, 2.24) is 9.78 Å². The molecule has 0 aliphatic rings. The Morgan fingerprint density at radius 1 is 1.25 bits per heavy atom. The molecule has 1 aromatic carbocycles. The molecular formula is C15H19N3O2. The number of hydrogen-bond donors (Lipinski definition) is 1. The molecule has 0 bridgehead atoms. The highest BCUT2D eigenvalue weighted by atomic mass is 16.4. The van der Waals surface area contributed by atoms with Crippen molar-refractivity contribution in [2.45, 2.75) is 13.8 Å². The Morgan fingerprint density at radius 3 is 2.40 bits per heavy atom. The van der Waals surface area contributed by atoms with E-state index in [4.69, 9.17) is 5.11 Å². The highest BCUT2D eigenvalue weighted by molar-refractivity contribution is 5.87. The highest BCUT2D eigenvalue weighted by Crippen LogP contribution is 2.29. The van der Waals surface area contributed by atoms with Crippen molar-refractivity contribution in [2.24, 2.45) is 7.05 Å². The van der Waals surface area contributed by atoms with Gasteiger partial charge in [0.25, 0.3) is 0 Å². The van der Waals surface area contributed by atoms with E-state index in [1.165, 1.54) is 11.1 Å². The molecule has 0 fully saturated rings. The van der Waals surface area contributed by atoms with Crippen LogP contribution in [-0.2, 0) is 7.05 Å². The first-order chi connectivity index (χ1) is 9.31. The zero-order valence-corrected chi connectivity index (χ0v) is 12.4.